The van der Waals surface area contributed by atoms with E-state index in [1.54, 1.807) is 9.80 Å². The first-order valence-electron chi connectivity index (χ1n) is 13.9. The van der Waals surface area contributed by atoms with E-state index in [0.29, 0.717) is 13.1 Å². The lowest BCUT2D eigenvalue weighted by Crippen LogP contribution is -2.42. The molecule has 2 aliphatic heterocycles. The summed E-state index contributed by atoms with van der Waals surface area (Å²) in [5.74, 6) is 2.01. The fourth-order valence-electron chi connectivity index (χ4n) is 5.52. The number of nitrogens with one attached hydrogen (secondary N) is 1. The van der Waals surface area contributed by atoms with Gasteiger partial charge in [-0.2, -0.15) is 0 Å². The fraction of sp³-hybridized carbons (Fsp3) is 0.621. The van der Waals surface area contributed by atoms with E-state index < -0.39 is 5.60 Å². The first-order chi connectivity index (χ1) is 18.1. The maximum atomic E-state index is 12.6. The normalized spacial score (nSPS) is 20.5. The zero-order valence-corrected chi connectivity index (χ0v) is 23.2. The molecule has 3 heterocycles. The van der Waals surface area contributed by atoms with Crippen LogP contribution in [0.3, 0.4) is 0 Å². The minimum atomic E-state index is -0.496. The quantitative estimate of drug-likeness (QED) is 0.525. The number of carbonyl (C=O) groups is 2. The summed E-state index contributed by atoms with van der Waals surface area (Å²) in [4.78, 5) is 37.0. The summed E-state index contributed by atoms with van der Waals surface area (Å²) in [7, 11) is 1.42. The standard InChI is InChI=1S/C29H40N4O5/c1-18-9-10-22-24(33(18)28(35)36-5)12-11-21(25(22)37-20-7-6-8-20)23-17-30-26(31-23)19-13-15-32(16-14-19)27(34)38-29(2,3)4/h11-12,17-20H,6-10,13-16H2,1-5H3,(H,30,31). The lowest BCUT2D eigenvalue weighted by Gasteiger charge is -2.36. The smallest absolute Gasteiger partial charge is 0.414 e. The maximum absolute atomic E-state index is 12.6. The second-order valence-corrected chi connectivity index (χ2v) is 11.8. The summed E-state index contributed by atoms with van der Waals surface area (Å²) < 4.78 is 17.2. The van der Waals surface area contributed by atoms with Gasteiger partial charge in [0.1, 0.15) is 17.2 Å². The van der Waals surface area contributed by atoms with Crippen LogP contribution < -0.4 is 9.64 Å². The lowest BCUT2D eigenvalue weighted by atomic mass is 9.92. The van der Waals surface area contributed by atoms with Crippen molar-refractivity contribution in [1.82, 2.24) is 14.9 Å². The minimum absolute atomic E-state index is 0.0564. The number of rotatable bonds is 4. The van der Waals surface area contributed by atoms with Crippen LogP contribution in [0.1, 0.15) is 83.5 Å². The third-order valence-corrected chi connectivity index (χ3v) is 7.86. The van der Waals surface area contributed by atoms with Gasteiger partial charge in [0.05, 0.1) is 24.6 Å². The molecule has 9 heteroatoms. The predicted octanol–water partition coefficient (Wildman–Crippen LogP) is 6.03. The fourth-order valence-corrected chi connectivity index (χ4v) is 5.52. The van der Waals surface area contributed by atoms with Crippen molar-refractivity contribution in [1.29, 1.82) is 0 Å². The SMILES string of the molecule is COC(=O)N1c2ccc(-c3c[nH]c(C4CCN(C(=O)OC(C)(C)C)CC4)n3)c(OC3CCC3)c2CCC1C. The van der Waals surface area contributed by atoms with Gasteiger partial charge in [0.2, 0.25) is 0 Å². The van der Waals surface area contributed by atoms with Crippen LogP contribution in [0.2, 0.25) is 0 Å². The number of ether oxygens (including phenoxy) is 3. The molecule has 5 rings (SSSR count). The third kappa shape index (κ3) is 5.33. The average molecular weight is 525 g/mol. The van der Waals surface area contributed by atoms with Crippen LogP contribution >= 0.6 is 0 Å². The molecule has 9 nitrogen and oxygen atoms in total. The molecule has 1 aromatic heterocycles. The van der Waals surface area contributed by atoms with Crippen molar-refractivity contribution in [3.63, 3.8) is 0 Å². The third-order valence-electron chi connectivity index (χ3n) is 7.86. The number of nitrogens with zero attached hydrogens (tertiary/aromatic N) is 3. The summed E-state index contributed by atoms with van der Waals surface area (Å²) in [5.41, 5.74) is 3.20. The Bertz CT molecular complexity index is 1170. The number of piperidine rings is 1. The molecule has 2 fully saturated rings. The van der Waals surface area contributed by atoms with Crippen molar-refractivity contribution in [2.45, 2.75) is 96.3 Å². The Kier molecular flexibility index (Phi) is 7.29. The van der Waals surface area contributed by atoms with E-state index in [4.69, 9.17) is 19.2 Å². The Balaban J connectivity index is 1.38. The van der Waals surface area contributed by atoms with E-state index in [2.05, 4.69) is 4.98 Å². The molecule has 1 saturated heterocycles. The molecule has 0 bridgehead atoms. The Morgan fingerprint density at radius 2 is 1.79 bits per heavy atom. The van der Waals surface area contributed by atoms with Crippen molar-refractivity contribution in [3.05, 3.63) is 29.7 Å². The number of hydrogen-bond acceptors (Lipinski definition) is 6. The van der Waals surface area contributed by atoms with Gasteiger partial charge >= 0.3 is 12.2 Å². The predicted molar refractivity (Wildman–Crippen MR) is 145 cm³/mol. The van der Waals surface area contributed by atoms with E-state index in [0.717, 1.165) is 72.6 Å². The molecule has 1 N–H and O–H groups in total. The van der Waals surface area contributed by atoms with Crippen molar-refractivity contribution >= 4 is 17.9 Å². The van der Waals surface area contributed by atoms with Crippen molar-refractivity contribution < 1.29 is 23.8 Å². The zero-order chi connectivity index (χ0) is 27.0. The lowest BCUT2D eigenvalue weighted by molar-refractivity contribution is 0.0203. The highest BCUT2D eigenvalue weighted by molar-refractivity contribution is 5.92. The first-order valence-corrected chi connectivity index (χ1v) is 13.9. The minimum Gasteiger partial charge on any atom is -0.489 e. The zero-order valence-electron chi connectivity index (χ0n) is 23.2. The van der Waals surface area contributed by atoms with Crippen LogP contribution in [0.25, 0.3) is 11.3 Å². The second kappa shape index (κ2) is 10.5. The van der Waals surface area contributed by atoms with Gasteiger partial charge < -0.3 is 24.1 Å². The molecule has 3 aliphatic rings. The van der Waals surface area contributed by atoms with Crippen molar-refractivity contribution in [2.75, 3.05) is 25.1 Å². The molecule has 1 aliphatic carbocycles. The van der Waals surface area contributed by atoms with E-state index >= 15 is 0 Å². The van der Waals surface area contributed by atoms with Gasteiger partial charge in [0.25, 0.3) is 0 Å². The number of H-pyrrole nitrogens is 1. The molecule has 1 aromatic carbocycles. The van der Waals surface area contributed by atoms with Crippen molar-refractivity contribution in [3.8, 4) is 17.0 Å². The van der Waals surface area contributed by atoms with Crippen molar-refractivity contribution in [2.24, 2.45) is 0 Å². The highest BCUT2D eigenvalue weighted by Crippen LogP contribution is 2.44. The Hall–Kier alpha value is -3.23. The topological polar surface area (TPSA) is 97.0 Å². The first kappa shape index (κ1) is 26.4. The number of aromatic nitrogens is 2. The van der Waals surface area contributed by atoms with Crippen LogP contribution in [0.5, 0.6) is 5.75 Å². The van der Waals surface area contributed by atoms with Crippen LogP contribution in [-0.2, 0) is 15.9 Å². The van der Waals surface area contributed by atoms with Gasteiger partial charge in [-0.15, -0.1) is 0 Å². The number of imidazole rings is 1. The number of aromatic amines is 1. The number of fused-ring (bicyclic) bond motifs is 1. The molecule has 1 saturated carbocycles. The molecule has 2 amide bonds. The molecular formula is C29H40N4O5. The maximum Gasteiger partial charge on any atom is 0.414 e. The Morgan fingerprint density at radius 1 is 1.05 bits per heavy atom. The van der Waals surface area contributed by atoms with Gasteiger partial charge in [0, 0.05) is 42.4 Å². The van der Waals surface area contributed by atoms with Crippen LogP contribution in [-0.4, -0.2) is 65.0 Å². The summed E-state index contributed by atoms with van der Waals surface area (Å²) in [6.45, 7) is 9.00. The monoisotopic (exact) mass is 524 g/mol. The number of carbonyl (C=O) groups excluding carboxylic acids is 2. The molecule has 38 heavy (non-hydrogen) atoms. The largest absolute Gasteiger partial charge is 0.489 e. The van der Waals surface area contributed by atoms with E-state index in [-0.39, 0.29) is 30.3 Å². The molecule has 1 unspecified atom stereocenters. The second-order valence-electron chi connectivity index (χ2n) is 11.8. The average Bonchev–Trinajstić information content (AvgIpc) is 3.34. The number of methoxy groups -OCH3 is 1. The van der Waals surface area contributed by atoms with Crippen LogP contribution in [0.4, 0.5) is 15.3 Å². The number of hydrogen-bond donors (Lipinski definition) is 1. The van der Waals surface area contributed by atoms with E-state index in [9.17, 15) is 9.59 Å². The molecule has 0 spiro atoms. The summed E-state index contributed by atoms with van der Waals surface area (Å²) in [6.07, 6.45) is 8.14. The Labute approximate surface area is 224 Å². The number of likely N-dealkylation sites (tertiary alicyclic amines) is 1. The molecular weight excluding hydrogens is 484 g/mol. The van der Waals surface area contributed by atoms with Crippen LogP contribution in [0, 0.1) is 0 Å². The number of amides is 2. The molecule has 0 radical (unpaired) electrons. The number of anilines is 1. The van der Waals surface area contributed by atoms with E-state index in [1.165, 1.54) is 13.5 Å². The highest BCUT2D eigenvalue weighted by Gasteiger charge is 2.34. The van der Waals surface area contributed by atoms with Gasteiger partial charge in [-0.3, -0.25) is 4.90 Å². The summed E-state index contributed by atoms with van der Waals surface area (Å²) in [5, 5.41) is 0. The van der Waals surface area contributed by atoms with Gasteiger partial charge in [0.15, 0.2) is 0 Å². The summed E-state index contributed by atoms with van der Waals surface area (Å²) in [6, 6.07) is 4.07. The van der Waals surface area contributed by atoms with Crippen LogP contribution in [0.15, 0.2) is 18.3 Å². The highest BCUT2D eigenvalue weighted by atomic mass is 16.6. The van der Waals surface area contributed by atoms with E-state index in [1.807, 2.05) is 46.0 Å². The molecule has 206 valence electrons. The van der Waals surface area contributed by atoms with Gasteiger partial charge in [-0.1, -0.05) is 0 Å². The molecule has 2 aromatic rings. The van der Waals surface area contributed by atoms with Gasteiger partial charge in [-0.05, 0) is 84.8 Å². The Morgan fingerprint density at radius 3 is 2.42 bits per heavy atom. The number of benzene rings is 1. The summed E-state index contributed by atoms with van der Waals surface area (Å²) >= 11 is 0. The molecule has 1 atom stereocenters. The van der Waals surface area contributed by atoms with Gasteiger partial charge in [-0.25, -0.2) is 14.6 Å².